The number of rotatable bonds is 15. The van der Waals surface area contributed by atoms with Crippen LogP contribution in [0.25, 0.3) is 11.1 Å². The van der Waals surface area contributed by atoms with E-state index in [1.54, 1.807) is 32.0 Å². The van der Waals surface area contributed by atoms with Crippen LogP contribution >= 0.6 is 0 Å². The van der Waals surface area contributed by atoms with Crippen LogP contribution < -0.4 is 9.64 Å². The number of carbonyl (C=O) groups is 4. The molecule has 6 rings (SSSR count). The Bertz CT molecular complexity index is 1930. The average molecular weight is 707 g/mol. The molecule has 2 aliphatic rings. The molecule has 1 saturated carbocycles. The molecule has 4 aromatic rings. The number of ether oxygens (including phenoxy) is 3. The van der Waals surface area contributed by atoms with Gasteiger partial charge >= 0.3 is 11.9 Å². The van der Waals surface area contributed by atoms with Gasteiger partial charge in [-0.15, -0.1) is 0 Å². The van der Waals surface area contributed by atoms with E-state index in [-0.39, 0.29) is 32.2 Å². The highest BCUT2D eigenvalue weighted by Crippen LogP contribution is 2.57. The summed E-state index contributed by atoms with van der Waals surface area (Å²) in [5.74, 6) is 0.159. The van der Waals surface area contributed by atoms with E-state index in [9.17, 15) is 19.2 Å². The van der Waals surface area contributed by atoms with Crippen LogP contribution in [0.15, 0.2) is 73.1 Å². The molecule has 0 N–H and O–H groups in total. The van der Waals surface area contributed by atoms with Crippen molar-refractivity contribution in [1.82, 2.24) is 14.7 Å². The molecule has 1 fully saturated rings. The summed E-state index contributed by atoms with van der Waals surface area (Å²) in [4.78, 5) is 54.6. The Balaban J connectivity index is 1.13. The molecular weight excluding hydrogens is 660 g/mol. The number of anilines is 1. The second kappa shape index (κ2) is 16.3. The van der Waals surface area contributed by atoms with Gasteiger partial charge in [0.2, 0.25) is 5.91 Å². The highest BCUT2D eigenvalue weighted by Gasteiger charge is 2.47. The first-order valence-electron chi connectivity index (χ1n) is 18.0. The van der Waals surface area contributed by atoms with Crippen LogP contribution in [0, 0.1) is 19.8 Å². The number of carbonyl (C=O) groups excluding carboxylic acids is 4. The Kier molecular flexibility index (Phi) is 11.4. The van der Waals surface area contributed by atoms with Gasteiger partial charge in [0.25, 0.3) is 5.91 Å². The largest absolute Gasteiger partial charge is 0.493 e. The third-order valence-corrected chi connectivity index (χ3v) is 9.73. The van der Waals surface area contributed by atoms with Gasteiger partial charge in [-0.1, -0.05) is 36.4 Å². The van der Waals surface area contributed by atoms with E-state index in [0.717, 1.165) is 51.6 Å². The molecule has 0 unspecified atom stereocenters. The molecule has 2 amide bonds. The van der Waals surface area contributed by atoms with Crippen molar-refractivity contribution >= 4 is 29.4 Å². The van der Waals surface area contributed by atoms with Crippen LogP contribution in [0.5, 0.6) is 5.75 Å². The normalized spacial score (nSPS) is 15.7. The summed E-state index contributed by atoms with van der Waals surface area (Å²) in [6, 6.07) is 19.2. The highest BCUT2D eigenvalue weighted by molar-refractivity contribution is 5.98. The van der Waals surface area contributed by atoms with Crippen LogP contribution in [0.2, 0.25) is 0 Å². The quantitative estimate of drug-likeness (QED) is 0.108. The summed E-state index contributed by atoms with van der Waals surface area (Å²) < 4.78 is 17.9. The molecule has 1 aromatic heterocycles. The van der Waals surface area contributed by atoms with Crippen molar-refractivity contribution in [3.63, 3.8) is 0 Å². The minimum absolute atomic E-state index is 0.113. The first-order valence-corrected chi connectivity index (χ1v) is 18.0. The molecule has 2 atom stereocenters. The second-order valence-corrected chi connectivity index (χ2v) is 13.4. The van der Waals surface area contributed by atoms with Gasteiger partial charge in [-0.3, -0.25) is 23.9 Å². The van der Waals surface area contributed by atoms with Crippen LogP contribution in [-0.2, 0) is 30.4 Å². The van der Waals surface area contributed by atoms with Crippen molar-refractivity contribution in [2.45, 2.75) is 59.4 Å². The number of nitrogens with zero attached hydrogens (tertiary/aromatic N) is 4. The van der Waals surface area contributed by atoms with Crippen LogP contribution in [0.3, 0.4) is 0 Å². The van der Waals surface area contributed by atoms with Crippen molar-refractivity contribution in [3.05, 3.63) is 101 Å². The summed E-state index contributed by atoms with van der Waals surface area (Å²) in [5.41, 5.74) is 7.68. The summed E-state index contributed by atoms with van der Waals surface area (Å²) >= 11 is 0. The molecule has 0 saturated heterocycles. The fraction of sp³-hybridized carbons (Fsp3) is 0.390. The SMILES string of the molecule is CCOC(=O)CN(CC(=O)OCC)C(=O)c1cccc(Cn2cc(-c3cccc4c3[C@H]3C[C@H]3CN4C(=O)CCCOc3cccc(C)c3C)cn2)c1. The number of aryl methyl sites for hydroxylation is 1. The molecule has 1 aliphatic heterocycles. The number of hydrogen-bond donors (Lipinski definition) is 0. The van der Waals surface area contributed by atoms with Gasteiger partial charge in [0, 0.05) is 36.0 Å². The van der Waals surface area contributed by atoms with E-state index < -0.39 is 17.8 Å². The van der Waals surface area contributed by atoms with Crippen molar-refractivity contribution in [2.24, 2.45) is 5.92 Å². The summed E-state index contributed by atoms with van der Waals surface area (Å²) in [6.07, 6.45) is 5.94. The first-order chi connectivity index (χ1) is 25.2. The lowest BCUT2D eigenvalue weighted by Crippen LogP contribution is -2.40. The van der Waals surface area contributed by atoms with Crippen molar-refractivity contribution in [2.75, 3.05) is 44.4 Å². The van der Waals surface area contributed by atoms with E-state index in [2.05, 4.69) is 37.1 Å². The van der Waals surface area contributed by atoms with Gasteiger partial charge in [0.05, 0.1) is 32.6 Å². The molecule has 52 heavy (non-hydrogen) atoms. The predicted octanol–water partition coefficient (Wildman–Crippen LogP) is 6.09. The average Bonchev–Trinajstić information content (AvgIpc) is 3.78. The fourth-order valence-electron chi connectivity index (χ4n) is 6.91. The maximum atomic E-state index is 13.6. The number of esters is 2. The number of aromatic nitrogens is 2. The zero-order valence-electron chi connectivity index (χ0n) is 30.3. The molecule has 1 aliphatic carbocycles. The Hall–Kier alpha value is -5.45. The zero-order valence-corrected chi connectivity index (χ0v) is 30.3. The minimum Gasteiger partial charge on any atom is -0.493 e. The summed E-state index contributed by atoms with van der Waals surface area (Å²) in [6.45, 7) is 8.68. The smallest absolute Gasteiger partial charge is 0.325 e. The lowest BCUT2D eigenvalue weighted by atomic mass is 9.92. The molecule has 3 aromatic carbocycles. The minimum atomic E-state index is -0.605. The van der Waals surface area contributed by atoms with Crippen LogP contribution in [0.1, 0.15) is 71.6 Å². The lowest BCUT2D eigenvalue weighted by molar-refractivity contribution is -0.147. The topological polar surface area (TPSA) is 120 Å². The summed E-state index contributed by atoms with van der Waals surface area (Å²) in [5, 5.41) is 4.65. The number of amides is 2. The van der Waals surface area contributed by atoms with Crippen molar-refractivity contribution in [3.8, 4) is 16.9 Å². The lowest BCUT2D eigenvalue weighted by Gasteiger charge is -2.30. The van der Waals surface area contributed by atoms with Gasteiger partial charge in [0.1, 0.15) is 18.8 Å². The molecule has 0 bridgehead atoms. The zero-order chi connectivity index (χ0) is 36.8. The maximum absolute atomic E-state index is 13.6. The van der Waals surface area contributed by atoms with E-state index in [4.69, 9.17) is 14.2 Å². The summed E-state index contributed by atoms with van der Waals surface area (Å²) in [7, 11) is 0. The van der Waals surface area contributed by atoms with Gasteiger partial charge < -0.3 is 24.0 Å². The number of hydrogen-bond acceptors (Lipinski definition) is 8. The van der Waals surface area contributed by atoms with Gasteiger partial charge in [-0.2, -0.15) is 5.10 Å². The monoisotopic (exact) mass is 706 g/mol. The van der Waals surface area contributed by atoms with Crippen molar-refractivity contribution in [1.29, 1.82) is 0 Å². The third-order valence-electron chi connectivity index (χ3n) is 9.73. The molecule has 0 spiro atoms. The molecule has 0 radical (unpaired) electrons. The van der Waals surface area contributed by atoms with E-state index in [1.165, 1.54) is 11.1 Å². The van der Waals surface area contributed by atoms with Crippen LogP contribution in [0.4, 0.5) is 5.69 Å². The number of fused-ring (bicyclic) bond motifs is 3. The maximum Gasteiger partial charge on any atom is 0.325 e. The standard InChI is InChI=1S/C41H46N4O7/c1-5-50-38(47)25-43(26-39(48)51-6-2)41(49)30-13-8-12-29(19-30)22-44-23-32(21-42-44)33-14-9-15-35-40(33)34-20-31(34)24-45(35)37(46)17-10-18-52-36-16-7-11-27(3)28(36)4/h7-9,11-16,19,21,23,31,34H,5-6,10,17-18,20,22,24-26H2,1-4H3/t31-,34-/m0/s1. The predicted molar refractivity (Wildman–Crippen MR) is 196 cm³/mol. The van der Waals surface area contributed by atoms with Crippen molar-refractivity contribution < 1.29 is 33.4 Å². The molecule has 272 valence electrons. The molecule has 2 heterocycles. The first kappa shape index (κ1) is 36.3. The van der Waals surface area contributed by atoms with Gasteiger partial charge in [-0.05, 0) is 104 Å². The van der Waals surface area contributed by atoms with E-state index >= 15 is 0 Å². The Morgan fingerprint density at radius 3 is 2.40 bits per heavy atom. The van der Waals surface area contributed by atoms with Gasteiger partial charge in [0.15, 0.2) is 0 Å². The molecule has 11 nitrogen and oxygen atoms in total. The molecule has 11 heteroatoms. The Labute approximate surface area is 304 Å². The Morgan fingerprint density at radius 2 is 1.65 bits per heavy atom. The van der Waals surface area contributed by atoms with E-state index in [0.29, 0.717) is 43.4 Å². The Morgan fingerprint density at radius 1 is 0.923 bits per heavy atom. The highest BCUT2D eigenvalue weighted by atomic mass is 16.5. The molecular formula is C41H46N4O7. The van der Waals surface area contributed by atoms with E-state index in [1.807, 2.05) is 46.2 Å². The third kappa shape index (κ3) is 8.36. The van der Waals surface area contributed by atoms with Gasteiger partial charge in [-0.25, -0.2) is 0 Å². The number of benzene rings is 3. The van der Waals surface area contributed by atoms with Crippen LogP contribution in [-0.4, -0.2) is 77.9 Å². The second-order valence-electron chi connectivity index (χ2n) is 13.4. The fourth-order valence-corrected chi connectivity index (χ4v) is 6.91.